The molecule has 1 atom stereocenters. The minimum atomic E-state index is -3.69. The highest BCUT2D eigenvalue weighted by molar-refractivity contribution is 7.89. The number of nitrogens with two attached hydrogens (primary N) is 1. The van der Waals surface area contributed by atoms with E-state index in [1.165, 1.54) is 6.07 Å². The molecule has 0 fully saturated rings. The lowest BCUT2D eigenvalue weighted by Crippen LogP contribution is -2.21. The molecular formula is C17H20N4O2S. The molecule has 3 aromatic rings. The molecule has 0 saturated heterocycles. The molecule has 0 spiro atoms. The Kier molecular flexibility index (Phi) is 4.66. The fraction of sp³-hybridized carbons (Fsp3) is 0.235. The van der Waals surface area contributed by atoms with E-state index < -0.39 is 10.0 Å². The maximum atomic E-state index is 11.5. The Hall–Kier alpha value is -2.22. The van der Waals surface area contributed by atoms with Crippen LogP contribution in [0.25, 0.3) is 5.65 Å². The van der Waals surface area contributed by atoms with E-state index in [1.54, 1.807) is 12.1 Å². The number of imidazole rings is 1. The number of rotatable bonds is 6. The maximum absolute atomic E-state index is 11.5. The molecule has 0 aliphatic rings. The van der Waals surface area contributed by atoms with Crippen LogP contribution in [0.3, 0.4) is 0 Å². The van der Waals surface area contributed by atoms with E-state index in [2.05, 4.69) is 10.3 Å². The van der Waals surface area contributed by atoms with Crippen LogP contribution in [0.2, 0.25) is 0 Å². The van der Waals surface area contributed by atoms with Crippen LogP contribution < -0.4 is 10.5 Å². The van der Waals surface area contributed by atoms with Crippen LogP contribution in [0.5, 0.6) is 0 Å². The molecule has 2 aromatic heterocycles. The Bertz CT molecular complexity index is 917. The Morgan fingerprint density at radius 3 is 2.79 bits per heavy atom. The number of hydrogen-bond donors (Lipinski definition) is 2. The average Bonchev–Trinajstić information content (AvgIpc) is 2.98. The van der Waals surface area contributed by atoms with Crippen LogP contribution in [-0.4, -0.2) is 17.8 Å². The van der Waals surface area contributed by atoms with Crippen molar-refractivity contribution in [3.05, 3.63) is 66.1 Å². The van der Waals surface area contributed by atoms with Gasteiger partial charge in [0.15, 0.2) is 0 Å². The summed E-state index contributed by atoms with van der Waals surface area (Å²) in [5.41, 5.74) is 2.73. The highest BCUT2D eigenvalue weighted by Gasteiger charge is 2.14. The van der Waals surface area contributed by atoms with E-state index in [0.29, 0.717) is 6.54 Å². The number of benzene rings is 1. The predicted octanol–water partition coefficient (Wildman–Crippen LogP) is 2.22. The minimum Gasteiger partial charge on any atom is -0.307 e. The minimum absolute atomic E-state index is 0.0245. The summed E-state index contributed by atoms with van der Waals surface area (Å²) in [6, 6.07) is 12.6. The van der Waals surface area contributed by atoms with Crippen molar-refractivity contribution in [2.45, 2.75) is 30.8 Å². The molecule has 0 unspecified atom stereocenters. The van der Waals surface area contributed by atoms with Crippen LogP contribution in [0.4, 0.5) is 0 Å². The molecule has 126 valence electrons. The highest BCUT2D eigenvalue weighted by atomic mass is 32.2. The van der Waals surface area contributed by atoms with Crippen molar-refractivity contribution < 1.29 is 8.42 Å². The molecule has 7 heteroatoms. The zero-order valence-corrected chi connectivity index (χ0v) is 14.2. The average molecular weight is 344 g/mol. The Labute approximate surface area is 141 Å². The number of primary sulfonamides is 1. The summed E-state index contributed by atoms with van der Waals surface area (Å²) in [5, 5.41) is 8.64. The number of fused-ring (bicyclic) bond motifs is 1. The largest absolute Gasteiger partial charge is 0.307 e. The lowest BCUT2D eigenvalue weighted by atomic mass is 10.0. The van der Waals surface area contributed by atoms with Gasteiger partial charge in [-0.1, -0.05) is 25.1 Å². The molecule has 24 heavy (non-hydrogen) atoms. The summed E-state index contributed by atoms with van der Waals surface area (Å²) in [6.07, 6.45) is 4.76. The fourth-order valence-corrected chi connectivity index (χ4v) is 3.27. The third-order valence-corrected chi connectivity index (χ3v) is 4.85. The van der Waals surface area contributed by atoms with Gasteiger partial charge >= 0.3 is 0 Å². The third-order valence-electron chi connectivity index (χ3n) is 3.94. The molecule has 0 amide bonds. The van der Waals surface area contributed by atoms with Gasteiger partial charge in [0.1, 0.15) is 5.65 Å². The van der Waals surface area contributed by atoms with E-state index in [0.717, 1.165) is 23.3 Å². The van der Waals surface area contributed by atoms with E-state index in [1.807, 2.05) is 48.0 Å². The number of sulfonamides is 1. The van der Waals surface area contributed by atoms with Gasteiger partial charge in [0, 0.05) is 25.0 Å². The van der Waals surface area contributed by atoms with Crippen LogP contribution in [0, 0.1) is 0 Å². The smallest absolute Gasteiger partial charge is 0.238 e. The monoisotopic (exact) mass is 344 g/mol. The highest BCUT2D eigenvalue weighted by Crippen LogP contribution is 2.20. The summed E-state index contributed by atoms with van der Waals surface area (Å²) in [7, 11) is -3.69. The van der Waals surface area contributed by atoms with Crippen LogP contribution in [-0.2, 0) is 16.6 Å². The number of aromatic nitrogens is 2. The van der Waals surface area contributed by atoms with Crippen molar-refractivity contribution >= 4 is 15.7 Å². The molecule has 2 heterocycles. The maximum Gasteiger partial charge on any atom is 0.238 e. The molecule has 0 aliphatic carbocycles. The van der Waals surface area contributed by atoms with E-state index in [-0.39, 0.29) is 10.9 Å². The second-order valence-corrected chi connectivity index (χ2v) is 7.22. The van der Waals surface area contributed by atoms with Gasteiger partial charge < -0.3 is 9.72 Å². The molecule has 0 saturated carbocycles. The summed E-state index contributed by atoms with van der Waals surface area (Å²) in [4.78, 5) is 4.69. The first kappa shape index (κ1) is 16.6. The van der Waals surface area contributed by atoms with Gasteiger partial charge in [-0.05, 0) is 36.2 Å². The molecule has 0 aliphatic heterocycles. The van der Waals surface area contributed by atoms with Gasteiger partial charge in [0.05, 0.1) is 10.6 Å². The molecule has 3 rings (SSSR count). The first-order valence-corrected chi connectivity index (χ1v) is 9.31. The van der Waals surface area contributed by atoms with Crippen molar-refractivity contribution in [1.29, 1.82) is 0 Å². The molecule has 3 N–H and O–H groups in total. The summed E-state index contributed by atoms with van der Waals surface area (Å²) in [6.45, 7) is 2.64. The number of nitrogens with one attached hydrogen (secondary N) is 1. The quantitative estimate of drug-likeness (QED) is 0.717. The van der Waals surface area contributed by atoms with Gasteiger partial charge in [0.2, 0.25) is 10.0 Å². The summed E-state index contributed by atoms with van der Waals surface area (Å²) < 4.78 is 25.0. The lowest BCUT2D eigenvalue weighted by Gasteiger charge is -2.17. The van der Waals surface area contributed by atoms with Gasteiger partial charge in [-0.25, -0.2) is 18.5 Å². The zero-order chi connectivity index (χ0) is 17.2. The number of nitrogens with zero attached hydrogens (tertiary/aromatic N) is 2. The molecular weight excluding hydrogens is 324 g/mol. The second kappa shape index (κ2) is 6.72. The van der Waals surface area contributed by atoms with Crippen LogP contribution >= 0.6 is 0 Å². The Morgan fingerprint density at radius 2 is 2.08 bits per heavy atom. The SMILES string of the molecule is CC[C@H](NCc1cn2ccccc2n1)c1cccc(S(N)(=O)=O)c1. The zero-order valence-electron chi connectivity index (χ0n) is 13.4. The first-order chi connectivity index (χ1) is 11.5. The van der Waals surface area contributed by atoms with Crippen molar-refractivity contribution in [1.82, 2.24) is 14.7 Å². The van der Waals surface area contributed by atoms with Gasteiger partial charge in [0.25, 0.3) is 0 Å². The van der Waals surface area contributed by atoms with Gasteiger partial charge in [-0.3, -0.25) is 0 Å². The standard InChI is InChI=1S/C17H20N4O2S/c1-2-16(13-6-5-7-15(10-13)24(18,22)23)19-11-14-12-21-9-4-3-8-17(21)20-14/h3-10,12,16,19H,2,11H2,1H3,(H2,18,22,23)/t16-/m0/s1. The van der Waals surface area contributed by atoms with Gasteiger partial charge in [-0.15, -0.1) is 0 Å². The Morgan fingerprint density at radius 1 is 1.25 bits per heavy atom. The number of hydrogen-bond acceptors (Lipinski definition) is 4. The number of pyridine rings is 1. The van der Waals surface area contributed by atoms with E-state index >= 15 is 0 Å². The predicted molar refractivity (Wildman–Crippen MR) is 92.9 cm³/mol. The second-order valence-electron chi connectivity index (χ2n) is 5.66. The van der Waals surface area contributed by atoms with Crippen molar-refractivity contribution in [3.8, 4) is 0 Å². The molecule has 1 aromatic carbocycles. The molecule has 6 nitrogen and oxygen atoms in total. The third kappa shape index (κ3) is 3.64. The lowest BCUT2D eigenvalue weighted by molar-refractivity contribution is 0.514. The summed E-state index contributed by atoms with van der Waals surface area (Å²) in [5.74, 6) is 0. The van der Waals surface area contributed by atoms with Crippen molar-refractivity contribution in [3.63, 3.8) is 0 Å². The van der Waals surface area contributed by atoms with E-state index in [9.17, 15) is 8.42 Å². The topological polar surface area (TPSA) is 89.5 Å². The van der Waals surface area contributed by atoms with Crippen molar-refractivity contribution in [2.24, 2.45) is 5.14 Å². The fourth-order valence-electron chi connectivity index (χ4n) is 2.71. The van der Waals surface area contributed by atoms with Crippen LogP contribution in [0.1, 0.15) is 30.6 Å². The van der Waals surface area contributed by atoms with Crippen LogP contribution in [0.15, 0.2) is 59.8 Å². The van der Waals surface area contributed by atoms with Crippen molar-refractivity contribution in [2.75, 3.05) is 0 Å². The normalized spacial score (nSPS) is 13.2. The molecule has 0 bridgehead atoms. The van der Waals surface area contributed by atoms with E-state index in [4.69, 9.17) is 5.14 Å². The summed E-state index contributed by atoms with van der Waals surface area (Å²) >= 11 is 0. The van der Waals surface area contributed by atoms with Gasteiger partial charge in [-0.2, -0.15) is 0 Å². The Balaban J connectivity index is 1.77. The molecule has 0 radical (unpaired) electrons. The first-order valence-electron chi connectivity index (χ1n) is 7.76.